The van der Waals surface area contributed by atoms with Gasteiger partial charge in [0.25, 0.3) is 11.6 Å². The third-order valence-electron chi connectivity index (χ3n) is 11.0. The summed E-state index contributed by atoms with van der Waals surface area (Å²) >= 11 is 0. The summed E-state index contributed by atoms with van der Waals surface area (Å²) in [4.78, 5) is 50.3. The Morgan fingerprint density at radius 1 is 0.651 bits per heavy atom. The molecular formula is C34H56N2O27. The van der Waals surface area contributed by atoms with Crippen molar-refractivity contribution in [2.75, 3.05) is 26.4 Å². The van der Waals surface area contributed by atoms with Gasteiger partial charge in [0.15, 0.2) is 12.6 Å². The van der Waals surface area contributed by atoms with Gasteiger partial charge in [-0.1, -0.05) is 0 Å². The van der Waals surface area contributed by atoms with Crippen LogP contribution >= 0.6 is 0 Å². The molecule has 0 aromatic rings. The Morgan fingerprint density at radius 2 is 1.16 bits per heavy atom. The normalized spacial score (nSPS) is 42.9. The van der Waals surface area contributed by atoms with Crippen LogP contribution in [0.3, 0.4) is 0 Å². The first kappa shape index (κ1) is 52.7. The van der Waals surface area contributed by atoms with Gasteiger partial charge in [0.2, 0.25) is 11.8 Å². The Labute approximate surface area is 355 Å². The fourth-order valence-electron chi connectivity index (χ4n) is 7.76. The van der Waals surface area contributed by atoms with E-state index in [1.165, 1.54) is 0 Å². The molecule has 4 saturated heterocycles. The first-order chi connectivity index (χ1) is 29.4. The molecule has 2 amide bonds. The summed E-state index contributed by atoms with van der Waals surface area (Å²) in [5.41, 5.74) is 0. The Morgan fingerprint density at radius 3 is 1.63 bits per heavy atom. The number of aliphatic hydroxyl groups excluding tert-OH is 14. The van der Waals surface area contributed by atoms with E-state index >= 15 is 0 Å². The van der Waals surface area contributed by atoms with Crippen LogP contribution in [-0.2, 0) is 52.3 Å². The fraction of sp³-hybridized carbons (Fsp3) is 0.882. The van der Waals surface area contributed by atoms with Gasteiger partial charge in [-0.3, -0.25) is 9.59 Å². The van der Waals surface area contributed by atoms with Crippen molar-refractivity contribution in [3.8, 4) is 0 Å². The van der Waals surface area contributed by atoms with E-state index in [1.54, 1.807) is 0 Å². The second-order valence-corrected chi connectivity index (χ2v) is 15.5. The fourth-order valence-corrected chi connectivity index (χ4v) is 7.76. The van der Waals surface area contributed by atoms with E-state index < -0.39 is 197 Å². The lowest BCUT2D eigenvalue weighted by atomic mass is 9.87. The summed E-state index contributed by atoms with van der Waals surface area (Å²) in [6.07, 6.45) is -40.7. The van der Waals surface area contributed by atoms with Crippen molar-refractivity contribution in [2.24, 2.45) is 0 Å². The molecule has 0 bridgehead atoms. The molecular weight excluding hydrogens is 868 g/mol. The topological polar surface area (TPSA) is 481 Å². The van der Waals surface area contributed by atoms with Crippen molar-refractivity contribution >= 4 is 23.8 Å². The molecule has 18 N–H and O–H groups in total. The van der Waals surface area contributed by atoms with Crippen molar-refractivity contribution in [1.82, 2.24) is 10.6 Å². The van der Waals surface area contributed by atoms with E-state index in [0.717, 1.165) is 13.8 Å². The Balaban J connectivity index is 1.72. The Bertz CT molecular complexity index is 1560. The lowest BCUT2D eigenvalue weighted by molar-refractivity contribution is -0.387. The van der Waals surface area contributed by atoms with Crippen LogP contribution in [0.1, 0.15) is 26.7 Å². The number of rotatable bonds is 18. The largest absolute Gasteiger partial charge is 0.477 e. The number of aliphatic hydroxyl groups is 14. The van der Waals surface area contributed by atoms with Gasteiger partial charge >= 0.3 is 11.9 Å². The molecule has 0 spiro atoms. The Kier molecular flexibility index (Phi) is 18.0. The predicted octanol–water partition coefficient (Wildman–Crippen LogP) is -11.0. The average molecular weight is 925 g/mol. The minimum absolute atomic E-state index is 0.837. The number of carbonyl (C=O) groups is 4. The molecule has 4 aliphatic heterocycles. The number of carbonyl (C=O) groups excluding carboxylic acids is 2. The molecule has 0 saturated carbocycles. The van der Waals surface area contributed by atoms with Crippen LogP contribution in [0.2, 0.25) is 0 Å². The van der Waals surface area contributed by atoms with Crippen molar-refractivity contribution in [3.05, 3.63) is 0 Å². The summed E-state index contributed by atoms with van der Waals surface area (Å²) < 4.78 is 38.4. The lowest BCUT2D eigenvalue weighted by Crippen LogP contribution is -2.72. The smallest absolute Gasteiger partial charge is 0.364 e. The number of aliphatic carboxylic acids is 2. The molecule has 0 radical (unpaired) electrons. The highest BCUT2D eigenvalue weighted by Gasteiger charge is 2.62. The van der Waals surface area contributed by atoms with Crippen LogP contribution in [-0.4, -0.2) is 266 Å². The van der Waals surface area contributed by atoms with Crippen LogP contribution in [0.4, 0.5) is 0 Å². The third kappa shape index (κ3) is 11.2. The highest BCUT2D eigenvalue weighted by atomic mass is 16.8. The van der Waals surface area contributed by atoms with E-state index in [9.17, 15) is 101 Å². The summed E-state index contributed by atoms with van der Waals surface area (Å²) in [7, 11) is 0. The number of amides is 2. The van der Waals surface area contributed by atoms with Crippen molar-refractivity contribution in [1.29, 1.82) is 0 Å². The summed E-state index contributed by atoms with van der Waals surface area (Å²) in [5, 5.41) is 173. The SMILES string of the molecule is CC(=O)N[C@@H]1[C@@H]([C@@H](O)[C@@H](CO)O[C@@]2(C(=O)O)C[C@@H](O)[C@@H](NC(C)=O)[C@@H]([C@@H](O)[C@@H](O)CO)O2)O[C@@](O[C@H]2[C@H](O)[C@@H](O[C@H]3[C@@H](O)[C@@H](O)[C@H](O)O[C@H]3CO)O[C@@H](CO)[C@@H]2O)(C(=O)O)C[C@@H]1O. The first-order valence-corrected chi connectivity index (χ1v) is 19.4. The molecule has 63 heavy (non-hydrogen) atoms. The molecule has 0 aromatic carbocycles. The van der Waals surface area contributed by atoms with E-state index in [2.05, 4.69) is 10.6 Å². The van der Waals surface area contributed by atoms with Crippen molar-refractivity contribution in [2.45, 2.75) is 161 Å². The number of hydrogen-bond acceptors (Lipinski definition) is 25. The van der Waals surface area contributed by atoms with Crippen LogP contribution in [0.5, 0.6) is 0 Å². The molecule has 4 aliphatic rings. The average Bonchev–Trinajstić information content (AvgIpc) is 3.22. The van der Waals surface area contributed by atoms with Gasteiger partial charge in [-0.25, -0.2) is 9.59 Å². The summed E-state index contributed by atoms with van der Waals surface area (Å²) in [5.74, 6) is -12.6. The molecule has 4 heterocycles. The van der Waals surface area contributed by atoms with Gasteiger partial charge in [0.05, 0.1) is 50.7 Å². The standard InChI is InChI=1S/C34H56N2O27/c1-9(41)35-17-11(43)3-33(31(53)54,61-26(17)19(46)13(45)5-37)60-15(7-39)21(48)27-18(36-10(2)42)12(44)4-34(62-27,32(55)56)63-28-20(47)14(6-38)58-30(24(28)51)59-25-16(8-40)57-29(52)23(50)22(25)49/h11-30,37-40,43-52H,3-8H2,1-2H3,(H,35,41)(H,36,42)(H,53,54)(H,55,56)/t11-,12+,13+,14+,15-,16+,17-,18+,19+,20+,21+,22+,23-,24+,25-,26+,27+,28-,29-,30-,33+,34+/m1/s1. The molecule has 22 atom stereocenters. The maximum absolute atomic E-state index is 13.1. The zero-order chi connectivity index (χ0) is 47.5. The van der Waals surface area contributed by atoms with Crippen molar-refractivity contribution in [3.63, 3.8) is 0 Å². The zero-order valence-electron chi connectivity index (χ0n) is 33.4. The highest BCUT2D eigenvalue weighted by Crippen LogP contribution is 2.40. The first-order valence-electron chi connectivity index (χ1n) is 19.4. The number of ether oxygens (including phenoxy) is 7. The number of carboxylic acids is 2. The molecule has 4 fully saturated rings. The van der Waals surface area contributed by atoms with Gasteiger partial charge in [-0.15, -0.1) is 0 Å². The number of nitrogens with one attached hydrogen (secondary N) is 2. The molecule has 29 nitrogen and oxygen atoms in total. The van der Waals surface area contributed by atoms with Gasteiger partial charge in [-0.05, 0) is 0 Å². The van der Waals surface area contributed by atoms with E-state index in [0.29, 0.717) is 0 Å². The maximum atomic E-state index is 13.1. The van der Waals surface area contributed by atoms with Crippen LogP contribution in [0.25, 0.3) is 0 Å². The Hall–Kier alpha value is -2.96. The molecule has 364 valence electrons. The van der Waals surface area contributed by atoms with Crippen LogP contribution in [0.15, 0.2) is 0 Å². The van der Waals surface area contributed by atoms with Gasteiger partial charge in [0, 0.05) is 26.7 Å². The lowest BCUT2D eigenvalue weighted by Gasteiger charge is -2.51. The predicted molar refractivity (Wildman–Crippen MR) is 191 cm³/mol. The van der Waals surface area contributed by atoms with Crippen LogP contribution < -0.4 is 10.6 Å². The minimum atomic E-state index is -3.33. The molecule has 0 aliphatic carbocycles. The second kappa shape index (κ2) is 21.6. The van der Waals surface area contributed by atoms with Crippen molar-refractivity contribution < 1.29 is 134 Å². The second-order valence-electron chi connectivity index (χ2n) is 15.5. The van der Waals surface area contributed by atoms with E-state index in [1.807, 2.05) is 0 Å². The van der Waals surface area contributed by atoms with E-state index in [-0.39, 0.29) is 0 Å². The summed E-state index contributed by atoms with van der Waals surface area (Å²) in [6, 6.07) is -3.57. The third-order valence-corrected chi connectivity index (χ3v) is 11.0. The minimum Gasteiger partial charge on any atom is -0.477 e. The molecule has 4 rings (SSSR count). The van der Waals surface area contributed by atoms with Gasteiger partial charge in [0.1, 0.15) is 85.5 Å². The molecule has 29 heteroatoms. The van der Waals surface area contributed by atoms with Gasteiger partial charge in [-0.2, -0.15) is 0 Å². The highest BCUT2D eigenvalue weighted by molar-refractivity contribution is 5.77. The monoisotopic (exact) mass is 924 g/mol. The quantitative estimate of drug-likeness (QED) is 0.0607. The van der Waals surface area contributed by atoms with Crippen LogP contribution in [0, 0.1) is 0 Å². The van der Waals surface area contributed by atoms with Gasteiger partial charge < -0.3 is 125 Å². The summed E-state index contributed by atoms with van der Waals surface area (Å²) in [6.45, 7) is -2.75. The van der Waals surface area contributed by atoms with E-state index in [4.69, 9.17) is 33.2 Å². The number of carboxylic acid groups (broad SMARTS) is 2. The molecule has 0 aromatic heterocycles. The molecule has 0 unspecified atom stereocenters. The maximum Gasteiger partial charge on any atom is 0.364 e. The zero-order valence-corrected chi connectivity index (χ0v) is 33.4. The number of hydrogen-bond donors (Lipinski definition) is 18.